The Morgan fingerprint density at radius 2 is 1.75 bits per heavy atom. The highest BCUT2D eigenvalue weighted by atomic mass is 32.2. The van der Waals surface area contributed by atoms with E-state index in [1.54, 1.807) is 24.3 Å². The van der Waals surface area contributed by atoms with Crippen LogP contribution in [0.3, 0.4) is 0 Å². The molecule has 0 spiro atoms. The van der Waals surface area contributed by atoms with Gasteiger partial charge in [0.15, 0.2) is 0 Å². The van der Waals surface area contributed by atoms with Crippen molar-refractivity contribution in [1.29, 1.82) is 0 Å². The van der Waals surface area contributed by atoms with Gasteiger partial charge in [0.2, 0.25) is 10.0 Å². The summed E-state index contributed by atoms with van der Waals surface area (Å²) in [6, 6.07) is 16.6. The normalized spacial score (nSPS) is 16.2. The van der Waals surface area contributed by atoms with E-state index in [0.29, 0.717) is 51.5 Å². The smallest absolute Gasteiger partial charge is 0.243 e. The van der Waals surface area contributed by atoms with Crippen molar-refractivity contribution in [2.45, 2.75) is 30.4 Å². The van der Waals surface area contributed by atoms with Crippen molar-refractivity contribution in [3.8, 4) is 5.75 Å². The fourth-order valence-corrected chi connectivity index (χ4v) is 4.69. The lowest BCUT2D eigenvalue weighted by atomic mass is 10.1. The monoisotopic (exact) mass is 405 g/mol. The molecule has 0 radical (unpaired) electrons. The second-order valence-corrected chi connectivity index (χ2v) is 8.63. The molecule has 0 unspecified atom stereocenters. The Labute approximate surface area is 167 Å². The summed E-state index contributed by atoms with van der Waals surface area (Å²) in [4.78, 5) is 0.264. The molecule has 0 saturated carbocycles. The van der Waals surface area contributed by atoms with E-state index in [2.05, 4.69) is 0 Å². The molecule has 0 amide bonds. The van der Waals surface area contributed by atoms with Crippen molar-refractivity contribution < 1.29 is 22.6 Å². The third-order valence-corrected chi connectivity index (χ3v) is 6.67. The Bertz CT molecular complexity index is 833. The van der Waals surface area contributed by atoms with Crippen LogP contribution < -0.4 is 4.74 Å². The third kappa shape index (κ3) is 5.54. The molecule has 1 heterocycles. The van der Waals surface area contributed by atoms with Gasteiger partial charge in [-0.05, 0) is 30.5 Å². The van der Waals surface area contributed by atoms with Crippen molar-refractivity contribution in [1.82, 2.24) is 4.31 Å². The molecule has 0 bridgehead atoms. The highest BCUT2D eigenvalue weighted by Gasteiger charge is 2.29. The van der Waals surface area contributed by atoms with Crippen molar-refractivity contribution in [2.24, 2.45) is 0 Å². The van der Waals surface area contributed by atoms with Gasteiger partial charge in [-0.15, -0.1) is 0 Å². The van der Waals surface area contributed by atoms with Crippen LogP contribution in [0.15, 0.2) is 59.5 Å². The number of hydrogen-bond donors (Lipinski definition) is 0. The zero-order valence-corrected chi connectivity index (χ0v) is 16.9. The van der Waals surface area contributed by atoms with Gasteiger partial charge >= 0.3 is 0 Å². The average Bonchev–Trinajstić information content (AvgIpc) is 2.74. The number of hydrogen-bond acceptors (Lipinski definition) is 5. The minimum atomic E-state index is -3.50. The molecule has 1 fully saturated rings. The summed E-state index contributed by atoms with van der Waals surface area (Å²) < 4.78 is 43.7. The van der Waals surface area contributed by atoms with Crippen LogP contribution >= 0.6 is 0 Å². The zero-order valence-electron chi connectivity index (χ0n) is 16.1. The molecule has 1 saturated heterocycles. The molecule has 2 aromatic rings. The largest absolute Gasteiger partial charge is 0.497 e. The summed E-state index contributed by atoms with van der Waals surface area (Å²) in [6.45, 7) is 2.52. The maximum absolute atomic E-state index is 12.8. The Kier molecular flexibility index (Phi) is 7.44. The number of methoxy groups -OCH3 is 1. The van der Waals surface area contributed by atoms with Crippen LogP contribution in [-0.2, 0) is 26.1 Å². The quantitative estimate of drug-likeness (QED) is 0.600. The number of ether oxygens (including phenoxy) is 3. The lowest BCUT2D eigenvalue weighted by Gasteiger charge is -2.31. The standard InChI is InChI=1S/C21H27NO5S/c1-25-20-8-5-9-21(16-20)28(23,24)22-12-10-19(11-13-22)27-15-14-26-17-18-6-3-2-4-7-18/h2-9,16,19H,10-15,17H2,1H3. The number of nitrogens with zero attached hydrogens (tertiary/aromatic N) is 1. The number of benzene rings is 2. The molecular weight excluding hydrogens is 378 g/mol. The SMILES string of the molecule is COc1cccc(S(=O)(=O)N2CCC(OCCOCc3ccccc3)CC2)c1. The van der Waals surface area contributed by atoms with Crippen molar-refractivity contribution in [3.63, 3.8) is 0 Å². The molecule has 7 heteroatoms. The van der Waals surface area contributed by atoms with Crippen LogP contribution in [0, 0.1) is 0 Å². The second kappa shape index (κ2) is 10.0. The Morgan fingerprint density at radius 3 is 2.46 bits per heavy atom. The molecule has 2 aromatic carbocycles. The first-order valence-electron chi connectivity index (χ1n) is 9.47. The first-order valence-corrected chi connectivity index (χ1v) is 10.9. The van der Waals surface area contributed by atoms with E-state index in [1.807, 2.05) is 30.3 Å². The van der Waals surface area contributed by atoms with E-state index in [4.69, 9.17) is 14.2 Å². The topological polar surface area (TPSA) is 65.1 Å². The fourth-order valence-electron chi connectivity index (χ4n) is 3.19. The van der Waals surface area contributed by atoms with E-state index < -0.39 is 10.0 Å². The highest BCUT2D eigenvalue weighted by molar-refractivity contribution is 7.89. The number of rotatable bonds is 9. The maximum atomic E-state index is 12.8. The summed E-state index contributed by atoms with van der Waals surface area (Å²) in [5, 5.41) is 0. The van der Waals surface area contributed by atoms with Crippen molar-refractivity contribution >= 4 is 10.0 Å². The van der Waals surface area contributed by atoms with Crippen LogP contribution in [0.4, 0.5) is 0 Å². The van der Waals surface area contributed by atoms with Gasteiger partial charge in [0.1, 0.15) is 5.75 Å². The van der Waals surface area contributed by atoms with Crippen molar-refractivity contribution in [2.75, 3.05) is 33.4 Å². The summed E-state index contributed by atoms with van der Waals surface area (Å²) in [6.07, 6.45) is 1.43. The molecular formula is C21H27NO5S. The average molecular weight is 406 g/mol. The molecule has 3 rings (SSSR count). The van der Waals surface area contributed by atoms with Gasteiger partial charge in [0, 0.05) is 19.2 Å². The van der Waals surface area contributed by atoms with Crippen molar-refractivity contribution in [3.05, 3.63) is 60.2 Å². The molecule has 0 aromatic heterocycles. The predicted molar refractivity (Wildman–Crippen MR) is 107 cm³/mol. The molecule has 0 N–H and O–H groups in total. The van der Waals surface area contributed by atoms with E-state index in [-0.39, 0.29) is 11.0 Å². The number of piperidine rings is 1. The molecule has 28 heavy (non-hydrogen) atoms. The van der Waals surface area contributed by atoms with E-state index in [0.717, 1.165) is 5.56 Å². The molecule has 0 aliphatic carbocycles. The Morgan fingerprint density at radius 1 is 1.00 bits per heavy atom. The molecule has 1 aliphatic rings. The van der Waals surface area contributed by atoms with Gasteiger partial charge in [-0.2, -0.15) is 4.31 Å². The summed E-state index contributed by atoms with van der Waals surface area (Å²) in [5.74, 6) is 0.537. The molecule has 1 aliphatic heterocycles. The molecule has 152 valence electrons. The summed E-state index contributed by atoms with van der Waals surface area (Å²) in [5.41, 5.74) is 1.14. The summed E-state index contributed by atoms with van der Waals surface area (Å²) >= 11 is 0. The lowest BCUT2D eigenvalue weighted by Crippen LogP contribution is -2.41. The van der Waals surface area contributed by atoms with E-state index >= 15 is 0 Å². The van der Waals surface area contributed by atoms with Crippen LogP contribution in [-0.4, -0.2) is 52.2 Å². The van der Waals surface area contributed by atoms with Crippen LogP contribution in [0.2, 0.25) is 0 Å². The lowest BCUT2D eigenvalue weighted by molar-refractivity contribution is -0.0175. The minimum Gasteiger partial charge on any atom is -0.497 e. The third-order valence-electron chi connectivity index (χ3n) is 4.77. The van der Waals surface area contributed by atoms with Gasteiger partial charge in [-0.1, -0.05) is 36.4 Å². The van der Waals surface area contributed by atoms with E-state index in [1.165, 1.54) is 11.4 Å². The predicted octanol–water partition coefficient (Wildman–Crippen LogP) is 3.08. The van der Waals surface area contributed by atoms with Gasteiger partial charge in [-0.25, -0.2) is 8.42 Å². The zero-order chi connectivity index (χ0) is 19.8. The molecule has 0 atom stereocenters. The van der Waals surface area contributed by atoms with Gasteiger partial charge in [0.05, 0.1) is 37.9 Å². The van der Waals surface area contributed by atoms with E-state index in [9.17, 15) is 8.42 Å². The summed E-state index contributed by atoms with van der Waals surface area (Å²) in [7, 11) is -1.98. The highest BCUT2D eigenvalue weighted by Crippen LogP contribution is 2.24. The molecule has 6 nitrogen and oxygen atoms in total. The fraction of sp³-hybridized carbons (Fsp3) is 0.429. The van der Waals surface area contributed by atoms with Gasteiger partial charge < -0.3 is 14.2 Å². The maximum Gasteiger partial charge on any atom is 0.243 e. The van der Waals surface area contributed by atoms with Crippen LogP contribution in [0.5, 0.6) is 5.75 Å². The number of sulfonamides is 1. The first kappa shape index (κ1) is 20.8. The minimum absolute atomic E-state index is 0.0667. The second-order valence-electron chi connectivity index (χ2n) is 6.69. The Balaban J connectivity index is 1.40. The van der Waals surface area contributed by atoms with Gasteiger partial charge in [0.25, 0.3) is 0 Å². The van der Waals surface area contributed by atoms with Crippen LogP contribution in [0.1, 0.15) is 18.4 Å². The van der Waals surface area contributed by atoms with Crippen LogP contribution in [0.25, 0.3) is 0 Å². The Hall–Kier alpha value is -1.93. The first-order chi connectivity index (χ1) is 13.6. The van der Waals surface area contributed by atoms with Gasteiger partial charge in [-0.3, -0.25) is 0 Å².